The van der Waals surface area contributed by atoms with Crippen LogP contribution in [-0.4, -0.2) is 58.1 Å². The summed E-state index contributed by atoms with van der Waals surface area (Å²) in [7, 11) is -9.39. The number of hydrogen-bond acceptors (Lipinski definition) is 12. The number of nitrogens with two attached hydrogens (primary N) is 1. The molecule has 5 rings (SSSR count). The number of hydrogen-bond donors (Lipinski definition) is 4. The van der Waals surface area contributed by atoms with Crippen LogP contribution in [0.15, 0.2) is 76.5 Å². The van der Waals surface area contributed by atoms with Crippen LogP contribution in [0.3, 0.4) is 0 Å². The molecular formula is C31H31F3N4O9S3. The molecule has 2 heterocycles. The van der Waals surface area contributed by atoms with E-state index in [4.69, 9.17) is 14.6 Å². The molecule has 0 spiro atoms. The molecule has 5 N–H and O–H groups in total. The Kier molecular flexibility index (Phi) is 10.7. The van der Waals surface area contributed by atoms with Crippen molar-refractivity contribution in [3.63, 3.8) is 0 Å². The number of primary sulfonamides is 1. The number of alkyl halides is 3. The third-order valence-electron chi connectivity index (χ3n) is 7.78. The van der Waals surface area contributed by atoms with E-state index in [1.807, 2.05) is 0 Å². The molecule has 2 aliphatic heterocycles. The summed E-state index contributed by atoms with van der Waals surface area (Å²) in [6.07, 6.45) is -5.64. The average molecular weight is 757 g/mol. The van der Waals surface area contributed by atoms with E-state index < -0.39 is 77.0 Å². The highest BCUT2D eigenvalue weighted by Gasteiger charge is 2.47. The lowest BCUT2D eigenvalue weighted by Gasteiger charge is -2.30. The van der Waals surface area contributed by atoms with Gasteiger partial charge in [-0.05, 0) is 42.8 Å². The van der Waals surface area contributed by atoms with Crippen molar-refractivity contribution in [2.24, 2.45) is 11.1 Å². The van der Waals surface area contributed by atoms with Gasteiger partial charge in [-0.1, -0.05) is 61.2 Å². The number of rotatable bonds is 10. The van der Waals surface area contributed by atoms with Crippen LogP contribution in [0.25, 0.3) is 0 Å². The maximum atomic E-state index is 13.7. The van der Waals surface area contributed by atoms with Crippen LogP contribution in [0.4, 0.5) is 18.9 Å². The molecule has 3 aromatic rings. The molecule has 13 nitrogen and oxygen atoms in total. The molecule has 0 bridgehead atoms. The number of nitrogens with one attached hydrogen (secondary N) is 3. The molecule has 2 aliphatic rings. The average Bonchev–Trinajstić information content (AvgIpc) is 3.53. The molecule has 0 aromatic heterocycles. The zero-order valence-electron chi connectivity index (χ0n) is 26.2. The fraction of sp³-hybridized carbons (Fsp3) is 0.323. The summed E-state index contributed by atoms with van der Waals surface area (Å²) in [6, 6.07) is 15.3. The first-order chi connectivity index (χ1) is 23.4. The Hall–Kier alpha value is -4.01. The van der Waals surface area contributed by atoms with E-state index in [1.165, 1.54) is 31.2 Å². The number of thioether (sulfide) groups is 1. The third kappa shape index (κ3) is 8.47. The van der Waals surface area contributed by atoms with Crippen molar-refractivity contribution in [1.82, 2.24) is 10.0 Å². The predicted molar refractivity (Wildman–Crippen MR) is 175 cm³/mol. The SMILES string of the molecule is CC(CSC(=O)c1ccccc1)C(=O)OC(=O)[C@]1(Oc2ccc(CC3Nc4cc(C(F)(F)F)c(S(N)(=O)=O)cc4S(=O)(=O)N3)cc2)CCCN1. The van der Waals surface area contributed by atoms with Crippen molar-refractivity contribution in [1.29, 1.82) is 0 Å². The largest absolute Gasteiger partial charge is 0.461 e. The Morgan fingerprint density at radius 1 is 1.08 bits per heavy atom. The van der Waals surface area contributed by atoms with Gasteiger partial charge in [0.2, 0.25) is 25.2 Å². The lowest BCUT2D eigenvalue weighted by atomic mass is 10.1. The second-order valence-corrected chi connectivity index (χ2v) is 15.8. The zero-order valence-corrected chi connectivity index (χ0v) is 28.6. The quantitative estimate of drug-likeness (QED) is 0.174. The molecule has 0 aliphatic carbocycles. The monoisotopic (exact) mass is 756 g/mol. The second kappa shape index (κ2) is 14.3. The number of fused-ring (bicyclic) bond motifs is 1. The van der Waals surface area contributed by atoms with Crippen LogP contribution in [-0.2, 0) is 47.0 Å². The summed E-state index contributed by atoms with van der Waals surface area (Å²) in [4.78, 5) is 36.2. The molecule has 2 unspecified atom stereocenters. The maximum absolute atomic E-state index is 13.7. The third-order valence-corrected chi connectivity index (χ3v) is 11.4. The minimum atomic E-state index is -5.15. The van der Waals surface area contributed by atoms with Crippen molar-refractivity contribution < 1.29 is 53.9 Å². The molecule has 3 aromatic carbocycles. The number of carbonyl (C=O) groups is 3. The highest BCUT2D eigenvalue weighted by Crippen LogP contribution is 2.40. The molecule has 0 amide bonds. The van der Waals surface area contributed by atoms with Gasteiger partial charge in [-0.2, -0.15) is 17.9 Å². The van der Waals surface area contributed by atoms with E-state index in [-0.39, 0.29) is 29.5 Å². The number of sulfonamides is 2. The Labute approximate surface area is 289 Å². The maximum Gasteiger partial charge on any atom is 0.417 e. The molecular weight excluding hydrogens is 726 g/mol. The topological polar surface area (TPSA) is 200 Å². The van der Waals surface area contributed by atoms with Crippen molar-refractivity contribution >= 4 is 54.5 Å². The van der Waals surface area contributed by atoms with E-state index in [0.717, 1.165) is 11.8 Å². The van der Waals surface area contributed by atoms with Gasteiger partial charge in [-0.15, -0.1) is 0 Å². The van der Waals surface area contributed by atoms with Crippen molar-refractivity contribution in [3.8, 4) is 5.75 Å². The number of anilines is 1. The lowest BCUT2D eigenvalue weighted by Crippen LogP contribution is -2.54. The summed E-state index contributed by atoms with van der Waals surface area (Å²) in [6.45, 7) is 1.92. The van der Waals surface area contributed by atoms with E-state index in [1.54, 1.807) is 30.3 Å². The summed E-state index contributed by atoms with van der Waals surface area (Å²) in [5.74, 6) is -2.30. The van der Waals surface area contributed by atoms with E-state index in [2.05, 4.69) is 15.4 Å². The zero-order chi connectivity index (χ0) is 36.5. The minimum absolute atomic E-state index is 0.0696. The fourth-order valence-electron chi connectivity index (χ4n) is 5.26. The molecule has 1 fully saturated rings. The summed E-state index contributed by atoms with van der Waals surface area (Å²) < 4.78 is 104. The first-order valence-electron chi connectivity index (χ1n) is 15.0. The molecule has 0 saturated carbocycles. The second-order valence-electron chi connectivity index (χ2n) is 11.6. The lowest BCUT2D eigenvalue weighted by molar-refractivity contribution is -0.175. The molecule has 1 saturated heterocycles. The van der Waals surface area contributed by atoms with Gasteiger partial charge in [0.05, 0.1) is 28.2 Å². The molecule has 19 heteroatoms. The van der Waals surface area contributed by atoms with Crippen molar-refractivity contribution in [3.05, 3.63) is 83.4 Å². The molecule has 268 valence electrons. The van der Waals surface area contributed by atoms with Gasteiger partial charge in [-0.3, -0.25) is 14.9 Å². The Morgan fingerprint density at radius 3 is 2.36 bits per heavy atom. The predicted octanol–water partition coefficient (Wildman–Crippen LogP) is 3.36. The first-order valence-corrected chi connectivity index (χ1v) is 19.0. The summed E-state index contributed by atoms with van der Waals surface area (Å²) >= 11 is 0.928. The number of benzene rings is 3. The van der Waals surface area contributed by atoms with Gasteiger partial charge >= 0.3 is 18.1 Å². The molecule has 50 heavy (non-hydrogen) atoms. The highest BCUT2D eigenvalue weighted by molar-refractivity contribution is 8.14. The molecule has 3 atom stereocenters. The van der Waals surface area contributed by atoms with E-state index >= 15 is 0 Å². The van der Waals surface area contributed by atoms with Crippen LogP contribution in [0.5, 0.6) is 5.75 Å². The fourth-order valence-corrected chi connectivity index (χ4v) is 8.27. The van der Waals surface area contributed by atoms with Gasteiger partial charge in [0, 0.05) is 24.2 Å². The summed E-state index contributed by atoms with van der Waals surface area (Å²) in [5, 5.41) is 10.3. The Balaban J connectivity index is 1.23. The number of halogens is 3. The van der Waals surface area contributed by atoms with Crippen LogP contribution in [0.1, 0.15) is 41.3 Å². The van der Waals surface area contributed by atoms with Crippen LogP contribution >= 0.6 is 11.8 Å². The van der Waals surface area contributed by atoms with Gasteiger partial charge in [0.1, 0.15) is 10.6 Å². The summed E-state index contributed by atoms with van der Waals surface area (Å²) in [5.41, 5.74) is -2.79. The highest BCUT2D eigenvalue weighted by atomic mass is 32.2. The standard InChI is InChI=1S/C31H31F3N4O9S3/c1-18(17-48-28(40)20-6-3-2-4-7-20)27(39)46-29(41)30(12-5-13-36-30)47-21-10-8-19(9-11-21)14-26-37-23-15-22(31(32,33)34)24(49(35,42)43)16-25(23)50(44,45)38-26/h2-4,6-11,15-16,18,26,36-38H,5,12-14,17H2,1H3,(H2,35,42,43)/t18?,26?,30-/m1/s1. The molecule has 0 radical (unpaired) electrons. The van der Waals surface area contributed by atoms with Crippen LogP contribution in [0.2, 0.25) is 0 Å². The first kappa shape index (κ1) is 37.3. The number of carbonyl (C=O) groups excluding carboxylic acids is 3. The smallest absolute Gasteiger partial charge is 0.417 e. The minimum Gasteiger partial charge on any atom is -0.461 e. The van der Waals surface area contributed by atoms with E-state index in [9.17, 15) is 44.4 Å². The Morgan fingerprint density at radius 2 is 1.76 bits per heavy atom. The van der Waals surface area contributed by atoms with Gasteiger partial charge in [-0.25, -0.2) is 26.8 Å². The number of esters is 2. The van der Waals surface area contributed by atoms with E-state index in [0.29, 0.717) is 36.2 Å². The van der Waals surface area contributed by atoms with Crippen LogP contribution < -0.4 is 25.2 Å². The normalized spacial score (nSPS) is 20.6. The van der Waals surface area contributed by atoms with Gasteiger partial charge in [0.25, 0.3) is 5.72 Å². The Bertz CT molecular complexity index is 2010. The van der Waals surface area contributed by atoms with Crippen molar-refractivity contribution in [2.75, 3.05) is 17.6 Å². The van der Waals surface area contributed by atoms with Gasteiger partial charge in [0.15, 0.2) is 0 Å². The van der Waals surface area contributed by atoms with Gasteiger partial charge < -0.3 is 14.8 Å². The number of ether oxygens (including phenoxy) is 2. The van der Waals surface area contributed by atoms with Crippen molar-refractivity contribution in [2.45, 2.75) is 54.0 Å². The van der Waals surface area contributed by atoms with Crippen LogP contribution in [0, 0.1) is 5.92 Å².